The zero-order valence-corrected chi connectivity index (χ0v) is 13.7. The van der Waals surface area contributed by atoms with E-state index in [0.29, 0.717) is 5.92 Å². The summed E-state index contributed by atoms with van der Waals surface area (Å²) in [7, 11) is 0. The number of carboxylic acid groups (broad SMARTS) is 1. The molecule has 0 bridgehead atoms. The van der Waals surface area contributed by atoms with E-state index in [1.54, 1.807) is 0 Å². The van der Waals surface area contributed by atoms with Gasteiger partial charge in [0.25, 0.3) is 0 Å². The average molecular weight is 288 g/mol. The third-order valence-electron chi connectivity index (χ3n) is 5.27. The number of rotatable bonds is 3. The molecular weight excluding hydrogens is 260 g/mol. The van der Waals surface area contributed by atoms with Gasteiger partial charge in [-0.1, -0.05) is 45.0 Å². The first kappa shape index (κ1) is 16.1. The predicted molar refractivity (Wildman–Crippen MR) is 86.3 cm³/mol. The highest BCUT2D eigenvalue weighted by atomic mass is 16.4. The van der Waals surface area contributed by atoms with Gasteiger partial charge in [-0.15, -0.1) is 0 Å². The Hall–Kier alpha value is -1.31. The number of hydrogen-bond acceptors (Lipinski definition) is 1. The second-order valence-electron chi connectivity index (χ2n) is 7.71. The molecule has 1 aromatic rings. The van der Waals surface area contributed by atoms with Crippen LogP contribution in [0.25, 0.3) is 0 Å². The van der Waals surface area contributed by atoms with Gasteiger partial charge in [-0.25, -0.2) is 0 Å². The van der Waals surface area contributed by atoms with Gasteiger partial charge in [0, 0.05) is 0 Å². The Morgan fingerprint density at radius 1 is 1.24 bits per heavy atom. The van der Waals surface area contributed by atoms with Crippen molar-refractivity contribution < 1.29 is 9.90 Å². The maximum atomic E-state index is 11.6. The molecule has 1 saturated carbocycles. The van der Waals surface area contributed by atoms with Gasteiger partial charge in [0.1, 0.15) is 0 Å². The lowest BCUT2D eigenvalue weighted by Gasteiger charge is -2.40. The van der Waals surface area contributed by atoms with Crippen LogP contribution in [-0.4, -0.2) is 11.1 Å². The lowest BCUT2D eigenvalue weighted by Crippen LogP contribution is -2.36. The molecule has 0 spiro atoms. The zero-order valence-electron chi connectivity index (χ0n) is 13.7. The molecule has 0 aromatic heterocycles. The van der Waals surface area contributed by atoms with Crippen molar-refractivity contribution in [1.82, 2.24) is 0 Å². The highest BCUT2D eigenvalue weighted by Gasteiger charge is 2.38. The number of aliphatic carboxylic acids is 1. The van der Waals surface area contributed by atoms with Crippen LogP contribution in [-0.2, 0) is 11.2 Å². The fraction of sp³-hybridized carbons (Fsp3) is 0.632. The SMILES string of the molecule is Cc1ccccc1CC1CC(C(C)(C)C)CCC1C(=O)O. The monoisotopic (exact) mass is 288 g/mol. The van der Waals surface area contributed by atoms with Gasteiger partial charge in [-0.2, -0.15) is 0 Å². The standard InChI is InChI=1S/C19H28O2/c1-13-7-5-6-8-14(13)11-15-12-16(19(2,3)4)9-10-17(15)18(20)21/h5-8,15-17H,9-12H2,1-4H3,(H,20,21). The van der Waals surface area contributed by atoms with Crippen LogP contribution in [0.3, 0.4) is 0 Å². The van der Waals surface area contributed by atoms with Gasteiger partial charge in [-0.3, -0.25) is 4.79 Å². The lowest BCUT2D eigenvalue weighted by molar-refractivity contribution is -0.146. The molecule has 0 aliphatic heterocycles. The minimum atomic E-state index is -0.610. The maximum Gasteiger partial charge on any atom is 0.306 e. The molecule has 0 heterocycles. The van der Waals surface area contributed by atoms with Crippen LogP contribution in [0, 0.1) is 30.1 Å². The summed E-state index contributed by atoms with van der Waals surface area (Å²) in [5, 5.41) is 9.55. The molecule has 0 radical (unpaired) electrons. The Morgan fingerprint density at radius 3 is 2.48 bits per heavy atom. The van der Waals surface area contributed by atoms with Crippen molar-refractivity contribution >= 4 is 5.97 Å². The third kappa shape index (κ3) is 3.87. The van der Waals surface area contributed by atoms with Gasteiger partial charge in [0.2, 0.25) is 0 Å². The van der Waals surface area contributed by atoms with E-state index < -0.39 is 5.97 Å². The summed E-state index contributed by atoms with van der Waals surface area (Å²) < 4.78 is 0. The molecule has 116 valence electrons. The summed E-state index contributed by atoms with van der Waals surface area (Å²) in [5.74, 6) is 0.104. The molecule has 21 heavy (non-hydrogen) atoms. The normalized spacial score (nSPS) is 26.6. The average Bonchev–Trinajstić information content (AvgIpc) is 2.40. The summed E-state index contributed by atoms with van der Waals surface area (Å²) in [4.78, 5) is 11.6. The third-order valence-corrected chi connectivity index (χ3v) is 5.27. The van der Waals surface area contributed by atoms with E-state index in [1.807, 2.05) is 6.07 Å². The minimum absolute atomic E-state index is 0.178. The van der Waals surface area contributed by atoms with E-state index in [1.165, 1.54) is 11.1 Å². The summed E-state index contributed by atoms with van der Waals surface area (Å²) in [5.41, 5.74) is 2.86. The summed E-state index contributed by atoms with van der Waals surface area (Å²) in [6, 6.07) is 8.37. The van der Waals surface area contributed by atoms with Crippen molar-refractivity contribution in [3.8, 4) is 0 Å². The molecule has 1 fully saturated rings. The molecule has 2 nitrogen and oxygen atoms in total. The summed E-state index contributed by atoms with van der Waals surface area (Å²) in [6.07, 6.45) is 3.81. The van der Waals surface area contributed by atoms with Crippen molar-refractivity contribution in [3.05, 3.63) is 35.4 Å². The smallest absolute Gasteiger partial charge is 0.306 e. The molecule has 2 rings (SSSR count). The van der Waals surface area contributed by atoms with Crippen LogP contribution in [0.4, 0.5) is 0 Å². The van der Waals surface area contributed by atoms with E-state index >= 15 is 0 Å². The van der Waals surface area contributed by atoms with Gasteiger partial charge in [-0.05, 0) is 61.0 Å². The number of carbonyl (C=O) groups is 1. The molecule has 0 amide bonds. The van der Waals surface area contributed by atoms with Crippen LogP contribution < -0.4 is 0 Å². The maximum absolute atomic E-state index is 11.6. The molecule has 3 atom stereocenters. The highest BCUT2D eigenvalue weighted by molar-refractivity contribution is 5.70. The van der Waals surface area contributed by atoms with Crippen molar-refractivity contribution in [2.45, 2.75) is 53.4 Å². The highest BCUT2D eigenvalue weighted by Crippen LogP contribution is 2.44. The minimum Gasteiger partial charge on any atom is -0.481 e. The second-order valence-corrected chi connectivity index (χ2v) is 7.71. The van der Waals surface area contributed by atoms with Crippen molar-refractivity contribution in [2.75, 3.05) is 0 Å². The summed E-state index contributed by atoms with van der Waals surface area (Å²) >= 11 is 0. The van der Waals surface area contributed by atoms with Crippen LogP contribution in [0.15, 0.2) is 24.3 Å². The molecule has 1 aromatic carbocycles. The topological polar surface area (TPSA) is 37.3 Å². The van der Waals surface area contributed by atoms with Crippen LogP contribution in [0.5, 0.6) is 0 Å². The van der Waals surface area contributed by atoms with Gasteiger partial charge in [0.05, 0.1) is 5.92 Å². The summed E-state index contributed by atoms with van der Waals surface area (Å²) in [6.45, 7) is 8.96. The van der Waals surface area contributed by atoms with Crippen molar-refractivity contribution in [2.24, 2.45) is 23.2 Å². The van der Waals surface area contributed by atoms with Crippen molar-refractivity contribution in [1.29, 1.82) is 0 Å². The molecule has 1 N–H and O–H groups in total. The Bertz CT molecular complexity index is 499. The fourth-order valence-corrected chi connectivity index (χ4v) is 3.72. The molecular formula is C19H28O2. The van der Waals surface area contributed by atoms with E-state index in [9.17, 15) is 9.90 Å². The molecule has 2 heteroatoms. The first-order valence-electron chi connectivity index (χ1n) is 8.06. The van der Waals surface area contributed by atoms with Crippen LogP contribution in [0.2, 0.25) is 0 Å². The van der Waals surface area contributed by atoms with Gasteiger partial charge < -0.3 is 5.11 Å². The van der Waals surface area contributed by atoms with Crippen LogP contribution in [0.1, 0.15) is 51.2 Å². The second kappa shape index (κ2) is 6.21. The number of carboxylic acids is 1. The van der Waals surface area contributed by atoms with E-state index in [4.69, 9.17) is 0 Å². The molecule has 1 aliphatic rings. The number of benzene rings is 1. The Labute approximate surface area is 128 Å². The number of aryl methyl sites for hydroxylation is 1. The first-order valence-corrected chi connectivity index (χ1v) is 8.06. The van der Waals surface area contributed by atoms with E-state index in [0.717, 1.165) is 25.7 Å². The van der Waals surface area contributed by atoms with Crippen LogP contribution >= 0.6 is 0 Å². The van der Waals surface area contributed by atoms with E-state index in [2.05, 4.69) is 45.9 Å². The molecule has 1 aliphatic carbocycles. The van der Waals surface area contributed by atoms with Crippen molar-refractivity contribution in [3.63, 3.8) is 0 Å². The number of hydrogen-bond donors (Lipinski definition) is 1. The first-order chi connectivity index (χ1) is 9.79. The molecule has 3 unspecified atom stereocenters. The molecule has 0 saturated heterocycles. The predicted octanol–water partition coefficient (Wildman–Crippen LogP) is 4.70. The lowest BCUT2D eigenvalue weighted by atomic mass is 9.64. The fourth-order valence-electron chi connectivity index (χ4n) is 3.72. The largest absolute Gasteiger partial charge is 0.481 e. The Balaban J connectivity index is 2.18. The quantitative estimate of drug-likeness (QED) is 0.875. The Kier molecular flexibility index (Phi) is 4.75. The Morgan fingerprint density at radius 2 is 1.90 bits per heavy atom. The van der Waals surface area contributed by atoms with E-state index in [-0.39, 0.29) is 17.3 Å². The zero-order chi connectivity index (χ0) is 15.6. The van der Waals surface area contributed by atoms with Gasteiger partial charge in [0.15, 0.2) is 0 Å². The van der Waals surface area contributed by atoms with Gasteiger partial charge >= 0.3 is 5.97 Å².